The summed E-state index contributed by atoms with van der Waals surface area (Å²) in [5.74, 6) is -2.04. The largest absolute Gasteiger partial charge is 0.507 e. The normalized spacial score (nSPS) is 14.4. The van der Waals surface area contributed by atoms with E-state index in [4.69, 9.17) is 13.6 Å². The predicted molar refractivity (Wildman–Crippen MR) is 148 cm³/mol. The fourth-order valence-electron chi connectivity index (χ4n) is 5.22. The maximum atomic E-state index is 13.7. The summed E-state index contributed by atoms with van der Waals surface area (Å²) in [5.41, 5.74) is 0.0681. The van der Waals surface area contributed by atoms with Gasteiger partial charge in [0, 0.05) is 54.3 Å². The monoisotopic (exact) mass is 539 g/mol. The van der Waals surface area contributed by atoms with Crippen LogP contribution < -0.4 is 10.9 Å². The maximum absolute atomic E-state index is 13.7. The number of para-hydroxylation sites is 1. The fraction of sp³-hybridized carbons (Fsp3) is 0.194. The van der Waals surface area contributed by atoms with Crippen molar-refractivity contribution in [3.05, 3.63) is 105 Å². The number of amides is 1. The van der Waals surface area contributed by atoms with Crippen LogP contribution in [-0.4, -0.2) is 47.3 Å². The number of fused-ring (bicyclic) bond motifs is 2. The zero-order valence-electron chi connectivity index (χ0n) is 21.3. The average molecular weight is 540 g/mol. The molecule has 3 aromatic carbocycles. The molecule has 0 bridgehead atoms. The number of benzene rings is 3. The molecule has 0 spiro atoms. The summed E-state index contributed by atoms with van der Waals surface area (Å²) < 4.78 is 17.3. The second kappa shape index (κ2) is 10.3. The van der Waals surface area contributed by atoms with E-state index < -0.39 is 22.8 Å². The molecule has 2 N–H and O–H groups in total. The van der Waals surface area contributed by atoms with Crippen LogP contribution in [0.5, 0.6) is 11.5 Å². The van der Waals surface area contributed by atoms with E-state index in [2.05, 4.69) is 0 Å². The summed E-state index contributed by atoms with van der Waals surface area (Å²) in [6.45, 7) is 1.54. The Labute approximate surface area is 227 Å². The molecule has 0 radical (unpaired) electrons. The number of nitrogens with zero attached hydrogens (tertiary/aromatic N) is 1. The summed E-state index contributed by atoms with van der Waals surface area (Å²) in [4.78, 5) is 42.1. The standard InChI is InChI=1S/C31H25NO8/c33-22-15-23(34)29-24(35)16-26(18-6-2-1-3-7-18)40-31(29)28(22)20(14-27(36)32-10-12-38-13-11-32)21-17-39-25-9-5-4-8-19(25)30(21)37/h1-9,15-17,20,33-34H,10-14H2/t20-/m1/s1. The first-order valence-corrected chi connectivity index (χ1v) is 12.9. The van der Waals surface area contributed by atoms with Crippen LogP contribution in [-0.2, 0) is 9.53 Å². The number of morpholine rings is 1. The highest BCUT2D eigenvalue weighted by Gasteiger charge is 2.32. The summed E-state index contributed by atoms with van der Waals surface area (Å²) in [7, 11) is 0. The van der Waals surface area contributed by atoms with E-state index in [0.29, 0.717) is 42.8 Å². The van der Waals surface area contributed by atoms with E-state index in [0.717, 1.165) is 6.07 Å². The molecule has 9 nitrogen and oxygen atoms in total. The molecule has 9 heteroatoms. The quantitative estimate of drug-likeness (QED) is 0.337. The van der Waals surface area contributed by atoms with E-state index in [1.807, 2.05) is 6.07 Å². The first kappa shape index (κ1) is 25.4. The number of phenolic OH excluding ortho intramolecular Hbond substituents is 2. The molecule has 0 aliphatic carbocycles. The van der Waals surface area contributed by atoms with Gasteiger partial charge in [0.1, 0.15) is 33.8 Å². The lowest BCUT2D eigenvalue weighted by Crippen LogP contribution is -2.41. The minimum absolute atomic E-state index is 0.0341. The highest BCUT2D eigenvalue weighted by Crippen LogP contribution is 2.42. The topological polar surface area (TPSA) is 130 Å². The fourth-order valence-corrected chi connectivity index (χ4v) is 5.22. The minimum Gasteiger partial charge on any atom is -0.507 e. The molecule has 0 unspecified atom stereocenters. The van der Waals surface area contributed by atoms with Crippen molar-refractivity contribution in [1.29, 1.82) is 0 Å². The van der Waals surface area contributed by atoms with Gasteiger partial charge < -0.3 is 28.7 Å². The van der Waals surface area contributed by atoms with Gasteiger partial charge in [0.25, 0.3) is 0 Å². The van der Waals surface area contributed by atoms with Crippen molar-refractivity contribution in [2.24, 2.45) is 0 Å². The van der Waals surface area contributed by atoms with Gasteiger partial charge in [0.15, 0.2) is 10.9 Å². The average Bonchev–Trinajstić information content (AvgIpc) is 2.97. The Morgan fingerprint density at radius 3 is 2.42 bits per heavy atom. The maximum Gasteiger partial charge on any atom is 0.223 e. The Hall–Kier alpha value is -4.89. The van der Waals surface area contributed by atoms with Crippen molar-refractivity contribution in [3.8, 4) is 22.8 Å². The molecule has 0 saturated carbocycles. The zero-order chi connectivity index (χ0) is 27.8. The minimum atomic E-state index is -1.06. The Morgan fingerprint density at radius 2 is 1.65 bits per heavy atom. The lowest BCUT2D eigenvalue weighted by atomic mass is 9.86. The predicted octanol–water partition coefficient (Wildman–Crippen LogP) is 4.36. The highest BCUT2D eigenvalue weighted by molar-refractivity contribution is 5.91. The Kier molecular flexibility index (Phi) is 6.57. The molecule has 5 aromatic rings. The van der Waals surface area contributed by atoms with Crippen LogP contribution in [0.25, 0.3) is 33.3 Å². The number of carbonyl (C=O) groups excluding carboxylic acids is 1. The number of phenols is 2. The van der Waals surface area contributed by atoms with E-state index in [1.54, 1.807) is 53.4 Å². The van der Waals surface area contributed by atoms with Gasteiger partial charge in [0.2, 0.25) is 5.91 Å². The number of hydrogen-bond acceptors (Lipinski definition) is 8. The third-order valence-corrected chi connectivity index (χ3v) is 7.23. The van der Waals surface area contributed by atoms with Crippen LogP contribution >= 0.6 is 0 Å². The van der Waals surface area contributed by atoms with Gasteiger partial charge in [-0.1, -0.05) is 42.5 Å². The van der Waals surface area contributed by atoms with Gasteiger partial charge in [-0.2, -0.15) is 0 Å². The van der Waals surface area contributed by atoms with Crippen molar-refractivity contribution < 1.29 is 28.6 Å². The van der Waals surface area contributed by atoms with Crippen LogP contribution in [0.15, 0.2) is 91.4 Å². The van der Waals surface area contributed by atoms with Gasteiger partial charge in [-0.05, 0) is 12.1 Å². The summed E-state index contributed by atoms with van der Waals surface area (Å²) >= 11 is 0. The van der Waals surface area contributed by atoms with Gasteiger partial charge >= 0.3 is 0 Å². The van der Waals surface area contributed by atoms with Gasteiger partial charge in [-0.3, -0.25) is 14.4 Å². The molecule has 1 amide bonds. The number of aromatic hydroxyl groups is 2. The van der Waals surface area contributed by atoms with Crippen molar-refractivity contribution in [3.63, 3.8) is 0 Å². The SMILES string of the molecule is O=C(C[C@H](c1coc2ccccc2c1=O)c1c(O)cc(O)c2c(=O)cc(-c3ccccc3)oc12)N1CCOCC1. The summed E-state index contributed by atoms with van der Waals surface area (Å²) in [5, 5.41) is 22.0. The number of hydrogen-bond donors (Lipinski definition) is 2. The highest BCUT2D eigenvalue weighted by atomic mass is 16.5. The number of carbonyl (C=O) groups is 1. The van der Waals surface area contributed by atoms with Crippen LogP contribution in [0.1, 0.15) is 23.5 Å². The van der Waals surface area contributed by atoms with Crippen LogP contribution in [0.2, 0.25) is 0 Å². The van der Waals surface area contributed by atoms with E-state index >= 15 is 0 Å². The molecule has 1 aliphatic rings. The number of rotatable bonds is 5. The summed E-state index contributed by atoms with van der Waals surface area (Å²) in [6, 6.07) is 17.9. The molecule has 1 aliphatic heterocycles. The van der Waals surface area contributed by atoms with Crippen molar-refractivity contribution >= 4 is 27.8 Å². The van der Waals surface area contributed by atoms with E-state index in [-0.39, 0.29) is 45.6 Å². The summed E-state index contributed by atoms with van der Waals surface area (Å²) in [6.07, 6.45) is 1.05. The zero-order valence-corrected chi connectivity index (χ0v) is 21.3. The molecule has 202 valence electrons. The lowest BCUT2D eigenvalue weighted by Gasteiger charge is -2.29. The molecule has 2 aromatic heterocycles. The molecule has 1 atom stereocenters. The lowest BCUT2D eigenvalue weighted by molar-refractivity contribution is -0.135. The Bertz CT molecular complexity index is 1850. The molecule has 1 fully saturated rings. The third kappa shape index (κ3) is 4.50. The van der Waals surface area contributed by atoms with Crippen LogP contribution in [0.3, 0.4) is 0 Å². The van der Waals surface area contributed by atoms with E-state index in [9.17, 15) is 24.6 Å². The smallest absolute Gasteiger partial charge is 0.223 e. The van der Waals surface area contributed by atoms with Crippen molar-refractivity contribution in [1.82, 2.24) is 4.90 Å². The van der Waals surface area contributed by atoms with E-state index in [1.165, 1.54) is 12.3 Å². The van der Waals surface area contributed by atoms with Crippen molar-refractivity contribution in [2.75, 3.05) is 26.3 Å². The molecule has 1 saturated heterocycles. The molecule has 6 rings (SSSR count). The van der Waals surface area contributed by atoms with Crippen molar-refractivity contribution in [2.45, 2.75) is 12.3 Å². The molecular weight excluding hydrogens is 514 g/mol. The van der Waals surface area contributed by atoms with Gasteiger partial charge in [-0.15, -0.1) is 0 Å². The third-order valence-electron chi connectivity index (χ3n) is 7.23. The molecule has 40 heavy (non-hydrogen) atoms. The van der Waals surface area contributed by atoms with Gasteiger partial charge in [0.05, 0.1) is 24.9 Å². The second-order valence-corrected chi connectivity index (χ2v) is 9.64. The molecular formula is C31H25NO8. The Balaban J connectivity index is 1.61. The first-order chi connectivity index (χ1) is 19.4. The van der Waals surface area contributed by atoms with Gasteiger partial charge in [-0.25, -0.2) is 0 Å². The number of ether oxygens (including phenoxy) is 1. The second-order valence-electron chi connectivity index (χ2n) is 9.64. The van der Waals surface area contributed by atoms with Crippen LogP contribution in [0.4, 0.5) is 0 Å². The molecule has 3 heterocycles. The Morgan fingerprint density at radius 1 is 0.925 bits per heavy atom. The first-order valence-electron chi connectivity index (χ1n) is 12.9. The van der Waals surface area contributed by atoms with Crippen LogP contribution in [0, 0.1) is 0 Å².